The Morgan fingerprint density at radius 1 is 1.11 bits per heavy atom. The molecule has 114 valence electrons. The van der Waals surface area contributed by atoms with Crippen LogP contribution in [0.3, 0.4) is 0 Å². The quantitative estimate of drug-likeness (QED) is 0.528. The van der Waals surface area contributed by atoms with Crippen molar-refractivity contribution in [2.75, 3.05) is 66.5 Å². The van der Waals surface area contributed by atoms with E-state index in [-0.39, 0.29) is 0 Å². The molecule has 0 aromatic carbocycles. The van der Waals surface area contributed by atoms with E-state index in [0.29, 0.717) is 6.10 Å². The fraction of sp³-hybridized carbons (Fsp3) is 1.00. The Balaban J connectivity index is 1.98. The van der Waals surface area contributed by atoms with Crippen molar-refractivity contribution in [1.29, 1.82) is 0 Å². The second kappa shape index (κ2) is 9.70. The number of likely N-dealkylation sites (tertiary alicyclic amines) is 1. The molecule has 0 aliphatic carbocycles. The van der Waals surface area contributed by atoms with Crippen molar-refractivity contribution in [2.45, 2.75) is 32.8 Å². The first-order valence-corrected chi connectivity index (χ1v) is 7.86. The van der Waals surface area contributed by atoms with Gasteiger partial charge in [-0.2, -0.15) is 0 Å². The topological polar surface area (TPSA) is 19.0 Å². The molecule has 4 nitrogen and oxygen atoms in total. The largest absolute Gasteiger partial charge is 0.376 e. The van der Waals surface area contributed by atoms with Gasteiger partial charge in [0.25, 0.3) is 0 Å². The summed E-state index contributed by atoms with van der Waals surface area (Å²) in [7, 11) is 4.36. The van der Waals surface area contributed by atoms with E-state index in [0.717, 1.165) is 32.7 Å². The van der Waals surface area contributed by atoms with Crippen LogP contribution in [-0.2, 0) is 4.74 Å². The molecule has 0 amide bonds. The lowest BCUT2D eigenvalue weighted by atomic mass is 10.2. The van der Waals surface area contributed by atoms with Crippen LogP contribution >= 0.6 is 0 Å². The van der Waals surface area contributed by atoms with E-state index in [1.807, 2.05) is 0 Å². The first kappa shape index (κ1) is 16.9. The van der Waals surface area contributed by atoms with Gasteiger partial charge in [-0.1, -0.05) is 13.8 Å². The lowest BCUT2D eigenvalue weighted by molar-refractivity contribution is -0.0452. The molecule has 1 saturated heterocycles. The molecule has 0 N–H and O–H groups in total. The van der Waals surface area contributed by atoms with Crippen LogP contribution < -0.4 is 0 Å². The highest BCUT2D eigenvalue weighted by molar-refractivity contribution is 4.77. The summed E-state index contributed by atoms with van der Waals surface area (Å²) in [5.41, 5.74) is 0. The summed E-state index contributed by atoms with van der Waals surface area (Å²) in [6, 6.07) is 0. The molecule has 0 spiro atoms. The molecule has 0 bridgehead atoms. The Kier molecular flexibility index (Phi) is 8.62. The first-order chi connectivity index (χ1) is 9.15. The molecule has 4 heteroatoms. The lowest BCUT2D eigenvalue weighted by Crippen LogP contribution is -2.49. The van der Waals surface area contributed by atoms with E-state index in [9.17, 15) is 0 Å². The van der Waals surface area contributed by atoms with Crippen molar-refractivity contribution in [3.05, 3.63) is 0 Å². The van der Waals surface area contributed by atoms with Crippen LogP contribution in [0.25, 0.3) is 0 Å². The maximum absolute atomic E-state index is 5.83. The maximum Gasteiger partial charge on any atom is 0.0828 e. The number of likely N-dealkylation sites (N-methyl/N-ethyl adjacent to an activating group) is 3. The van der Waals surface area contributed by atoms with Crippen molar-refractivity contribution in [1.82, 2.24) is 14.7 Å². The highest BCUT2D eigenvalue weighted by Crippen LogP contribution is 2.08. The molecule has 1 fully saturated rings. The number of nitrogens with zero attached hydrogens (tertiary/aromatic N) is 3. The number of ether oxygens (including phenoxy) is 1. The van der Waals surface area contributed by atoms with Gasteiger partial charge in [-0.15, -0.1) is 0 Å². The third-order valence-corrected chi connectivity index (χ3v) is 3.85. The van der Waals surface area contributed by atoms with Crippen LogP contribution in [0.5, 0.6) is 0 Å². The average molecular weight is 271 g/mol. The minimum Gasteiger partial charge on any atom is -0.376 e. The molecule has 19 heavy (non-hydrogen) atoms. The highest BCUT2D eigenvalue weighted by atomic mass is 16.5. The van der Waals surface area contributed by atoms with Gasteiger partial charge in [0.2, 0.25) is 0 Å². The molecule has 1 aliphatic rings. The van der Waals surface area contributed by atoms with Crippen molar-refractivity contribution in [2.24, 2.45) is 0 Å². The smallest absolute Gasteiger partial charge is 0.0828 e. The van der Waals surface area contributed by atoms with E-state index in [2.05, 4.69) is 42.6 Å². The molecular formula is C15H33N3O. The van der Waals surface area contributed by atoms with Crippen LogP contribution in [0.2, 0.25) is 0 Å². The molecule has 1 heterocycles. The van der Waals surface area contributed by atoms with E-state index < -0.39 is 0 Å². The van der Waals surface area contributed by atoms with E-state index in [1.165, 1.54) is 32.6 Å². The maximum atomic E-state index is 5.83. The standard InChI is InChI=1S/C15H33N3O/c1-5-8-16(3)10-11-18(6-2)9-7-12-19-15-13-17(4)14-15/h15H,5-14H2,1-4H3. The molecule has 0 radical (unpaired) electrons. The summed E-state index contributed by atoms with van der Waals surface area (Å²) in [5, 5.41) is 0. The third-order valence-electron chi connectivity index (χ3n) is 3.85. The summed E-state index contributed by atoms with van der Waals surface area (Å²) >= 11 is 0. The SMILES string of the molecule is CCCN(C)CCN(CC)CCCOC1CN(C)C1. The number of hydrogen-bond acceptors (Lipinski definition) is 4. The normalized spacial score (nSPS) is 17.4. The zero-order valence-corrected chi connectivity index (χ0v) is 13.4. The fourth-order valence-electron chi connectivity index (χ4n) is 2.52. The summed E-state index contributed by atoms with van der Waals surface area (Å²) < 4.78 is 5.83. The zero-order valence-electron chi connectivity index (χ0n) is 13.4. The summed E-state index contributed by atoms with van der Waals surface area (Å²) in [4.78, 5) is 7.25. The van der Waals surface area contributed by atoms with E-state index >= 15 is 0 Å². The van der Waals surface area contributed by atoms with Crippen LogP contribution in [0.4, 0.5) is 0 Å². The zero-order chi connectivity index (χ0) is 14.1. The highest BCUT2D eigenvalue weighted by Gasteiger charge is 2.23. The molecular weight excluding hydrogens is 238 g/mol. The molecule has 0 unspecified atom stereocenters. The van der Waals surface area contributed by atoms with E-state index in [1.54, 1.807) is 0 Å². The van der Waals surface area contributed by atoms with Gasteiger partial charge >= 0.3 is 0 Å². The van der Waals surface area contributed by atoms with Crippen LogP contribution in [0.1, 0.15) is 26.7 Å². The number of rotatable bonds is 11. The Hall–Kier alpha value is -0.160. The Labute approximate surface area is 119 Å². The van der Waals surface area contributed by atoms with Gasteiger partial charge < -0.3 is 19.4 Å². The minimum absolute atomic E-state index is 0.496. The van der Waals surface area contributed by atoms with Gasteiger partial charge in [-0.3, -0.25) is 0 Å². The predicted molar refractivity (Wildman–Crippen MR) is 81.8 cm³/mol. The second-order valence-corrected chi connectivity index (χ2v) is 5.81. The van der Waals surface area contributed by atoms with Gasteiger partial charge in [-0.25, -0.2) is 0 Å². The van der Waals surface area contributed by atoms with Crippen molar-refractivity contribution in [3.8, 4) is 0 Å². The van der Waals surface area contributed by atoms with Crippen molar-refractivity contribution in [3.63, 3.8) is 0 Å². The first-order valence-electron chi connectivity index (χ1n) is 7.86. The van der Waals surface area contributed by atoms with Gasteiger partial charge in [0, 0.05) is 39.3 Å². The van der Waals surface area contributed by atoms with Gasteiger partial charge in [0.1, 0.15) is 0 Å². The van der Waals surface area contributed by atoms with Crippen molar-refractivity contribution >= 4 is 0 Å². The molecule has 0 aromatic heterocycles. The second-order valence-electron chi connectivity index (χ2n) is 5.81. The lowest BCUT2D eigenvalue weighted by Gasteiger charge is -2.36. The molecule has 1 aliphatic heterocycles. The van der Waals surface area contributed by atoms with Gasteiger partial charge in [0.15, 0.2) is 0 Å². The Morgan fingerprint density at radius 3 is 2.42 bits per heavy atom. The van der Waals surface area contributed by atoms with E-state index in [4.69, 9.17) is 4.74 Å². The summed E-state index contributed by atoms with van der Waals surface area (Å²) in [6.45, 7) is 13.5. The molecule has 0 atom stereocenters. The Bertz CT molecular complexity index is 219. The predicted octanol–water partition coefficient (Wildman–Crippen LogP) is 1.37. The molecule has 0 saturated carbocycles. The Morgan fingerprint density at radius 2 is 1.84 bits per heavy atom. The van der Waals surface area contributed by atoms with Crippen LogP contribution in [0, 0.1) is 0 Å². The van der Waals surface area contributed by atoms with Gasteiger partial charge in [-0.05, 0) is 40.0 Å². The van der Waals surface area contributed by atoms with Crippen LogP contribution in [0.15, 0.2) is 0 Å². The average Bonchev–Trinajstić information content (AvgIpc) is 2.35. The minimum atomic E-state index is 0.496. The molecule has 1 rings (SSSR count). The summed E-state index contributed by atoms with van der Waals surface area (Å²) in [6.07, 6.45) is 2.90. The summed E-state index contributed by atoms with van der Waals surface area (Å²) in [5.74, 6) is 0. The monoisotopic (exact) mass is 271 g/mol. The van der Waals surface area contributed by atoms with Crippen LogP contribution in [-0.4, -0.2) is 87.3 Å². The fourth-order valence-corrected chi connectivity index (χ4v) is 2.52. The third kappa shape index (κ3) is 7.25. The van der Waals surface area contributed by atoms with Crippen molar-refractivity contribution < 1.29 is 4.74 Å². The number of hydrogen-bond donors (Lipinski definition) is 0. The van der Waals surface area contributed by atoms with Gasteiger partial charge in [0.05, 0.1) is 6.10 Å². The molecule has 0 aromatic rings.